The maximum Gasteiger partial charge on any atom is 0.144 e. The van der Waals surface area contributed by atoms with Crippen LogP contribution in [0.1, 0.15) is 18.3 Å². The van der Waals surface area contributed by atoms with Crippen LogP contribution in [0, 0.1) is 0 Å². The Labute approximate surface area is 87.1 Å². The zero-order chi connectivity index (χ0) is 10.4. The number of rotatable bonds is 1. The smallest absolute Gasteiger partial charge is 0.144 e. The molecule has 0 saturated heterocycles. The molecule has 0 bridgehead atoms. The van der Waals surface area contributed by atoms with Crippen LogP contribution < -0.4 is 4.74 Å². The number of aliphatic hydroxyl groups excluding tert-OH is 1. The van der Waals surface area contributed by atoms with Gasteiger partial charge in [-0.2, -0.15) is 0 Å². The second-order valence-corrected chi connectivity index (χ2v) is 3.75. The molecule has 1 N–H and O–H groups in total. The normalized spacial score (nSPS) is 19.5. The van der Waals surface area contributed by atoms with Gasteiger partial charge in [-0.15, -0.1) is 0 Å². The molecule has 0 amide bonds. The van der Waals surface area contributed by atoms with Gasteiger partial charge in [-0.25, -0.2) is 4.98 Å². The quantitative estimate of drug-likeness (QED) is 0.765. The second-order valence-electron chi connectivity index (χ2n) is 3.75. The van der Waals surface area contributed by atoms with Crippen molar-refractivity contribution in [1.29, 1.82) is 0 Å². The number of aryl methyl sites for hydroxylation is 1. The van der Waals surface area contributed by atoms with Crippen LogP contribution in [-0.2, 0) is 6.54 Å². The highest BCUT2D eigenvalue weighted by Crippen LogP contribution is 2.33. The summed E-state index contributed by atoms with van der Waals surface area (Å²) in [5, 5.41) is 9.72. The van der Waals surface area contributed by atoms with E-state index in [9.17, 15) is 5.11 Å². The van der Waals surface area contributed by atoms with Crippen LogP contribution >= 0.6 is 0 Å². The summed E-state index contributed by atoms with van der Waals surface area (Å²) in [7, 11) is 1.65. The first-order valence-corrected chi connectivity index (χ1v) is 5.02. The SMILES string of the molecule is COc1cccc2nc3n(c12)CCC3O. The van der Waals surface area contributed by atoms with Crippen molar-refractivity contribution in [3.63, 3.8) is 0 Å². The number of nitrogens with zero attached hydrogens (tertiary/aromatic N) is 2. The number of aliphatic hydroxyl groups is 1. The Bertz CT molecular complexity index is 519. The van der Waals surface area contributed by atoms with Crippen molar-refractivity contribution in [2.24, 2.45) is 0 Å². The number of para-hydroxylation sites is 1. The molecule has 78 valence electrons. The van der Waals surface area contributed by atoms with Gasteiger partial charge < -0.3 is 14.4 Å². The van der Waals surface area contributed by atoms with Crippen LogP contribution in [0.25, 0.3) is 11.0 Å². The average molecular weight is 204 g/mol. The van der Waals surface area contributed by atoms with Crippen LogP contribution in [0.5, 0.6) is 5.75 Å². The first-order chi connectivity index (χ1) is 7.31. The highest BCUT2D eigenvalue weighted by molar-refractivity contribution is 5.83. The summed E-state index contributed by atoms with van der Waals surface area (Å²) >= 11 is 0. The van der Waals surface area contributed by atoms with E-state index in [0.29, 0.717) is 0 Å². The Morgan fingerprint density at radius 3 is 3.20 bits per heavy atom. The predicted molar refractivity (Wildman–Crippen MR) is 55.9 cm³/mol. The fraction of sp³-hybridized carbons (Fsp3) is 0.364. The maximum atomic E-state index is 9.72. The molecule has 1 aromatic heterocycles. The molecule has 2 heterocycles. The van der Waals surface area contributed by atoms with E-state index in [1.54, 1.807) is 7.11 Å². The van der Waals surface area contributed by atoms with E-state index >= 15 is 0 Å². The number of benzene rings is 1. The van der Waals surface area contributed by atoms with Crippen molar-refractivity contribution in [2.75, 3.05) is 7.11 Å². The minimum absolute atomic E-state index is 0.429. The van der Waals surface area contributed by atoms with Crippen molar-refractivity contribution in [3.05, 3.63) is 24.0 Å². The van der Waals surface area contributed by atoms with Crippen molar-refractivity contribution < 1.29 is 9.84 Å². The highest BCUT2D eigenvalue weighted by Gasteiger charge is 2.25. The molecule has 1 unspecified atom stereocenters. The van der Waals surface area contributed by atoms with E-state index in [0.717, 1.165) is 35.6 Å². The zero-order valence-corrected chi connectivity index (χ0v) is 8.47. The fourth-order valence-electron chi connectivity index (χ4n) is 2.20. The third-order valence-electron chi connectivity index (χ3n) is 2.90. The Morgan fingerprint density at radius 1 is 1.53 bits per heavy atom. The van der Waals surface area contributed by atoms with Gasteiger partial charge in [0.2, 0.25) is 0 Å². The summed E-state index contributed by atoms with van der Waals surface area (Å²) in [4.78, 5) is 4.42. The molecule has 4 heteroatoms. The van der Waals surface area contributed by atoms with E-state index in [4.69, 9.17) is 4.74 Å². The Hall–Kier alpha value is -1.55. The first kappa shape index (κ1) is 8.73. The van der Waals surface area contributed by atoms with Crippen LogP contribution in [-0.4, -0.2) is 21.8 Å². The van der Waals surface area contributed by atoms with E-state index < -0.39 is 6.10 Å². The van der Waals surface area contributed by atoms with Crippen LogP contribution in [0.4, 0.5) is 0 Å². The summed E-state index contributed by atoms with van der Waals surface area (Å²) in [6.07, 6.45) is 0.318. The van der Waals surface area contributed by atoms with Crippen molar-refractivity contribution >= 4 is 11.0 Å². The minimum atomic E-state index is -0.429. The Balaban J connectivity index is 2.36. The lowest BCUT2D eigenvalue weighted by atomic mass is 10.3. The summed E-state index contributed by atoms with van der Waals surface area (Å²) in [6.45, 7) is 0.813. The standard InChI is InChI=1S/C11H12N2O2/c1-15-9-4-2-3-7-10(9)13-6-5-8(14)11(13)12-7/h2-4,8,14H,5-6H2,1H3. The van der Waals surface area contributed by atoms with Gasteiger partial charge in [0.25, 0.3) is 0 Å². The molecular formula is C11H12N2O2. The zero-order valence-electron chi connectivity index (χ0n) is 8.47. The summed E-state index contributed by atoms with van der Waals surface area (Å²) in [6, 6.07) is 5.77. The lowest BCUT2D eigenvalue weighted by Crippen LogP contribution is -1.95. The molecule has 1 aliphatic heterocycles. The number of ether oxygens (including phenoxy) is 1. The van der Waals surface area contributed by atoms with Crippen LogP contribution in [0.15, 0.2) is 18.2 Å². The highest BCUT2D eigenvalue weighted by atomic mass is 16.5. The fourth-order valence-corrected chi connectivity index (χ4v) is 2.20. The lowest BCUT2D eigenvalue weighted by molar-refractivity contribution is 0.176. The lowest BCUT2D eigenvalue weighted by Gasteiger charge is -2.04. The first-order valence-electron chi connectivity index (χ1n) is 5.02. The molecular weight excluding hydrogens is 192 g/mol. The molecule has 4 nitrogen and oxygen atoms in total. The number of imidazole rings is 1. The Kier molecular flexibility index (Phi) is 1.73. The topological polar surface area (TPSA) is 47.3 Å². The monoisotopic (exact) mass is 204 g/mol. The van der Waals surface area contributed by atoms with Gasteiger partial charge in [-0.3, -0.25) is 0 Å². The second kappa shape index (κ2) is 2.97. The molecule has 0 saturated carbocycles. The third-order valence-corrected chi connectivity index (χ3v) is 2.90. The molecule has 3 rings (SSSR count). The van der Waals surface area contributed by atoms with Gasteiger partial charge >= 0.3 is 0 Å². The van der Waals surface area contributed by atoms with Crippen molar-refractivity contribution in [2.45, 2.75) is 19.1 Å². The number of fused-ring (bicyclic) bond motifs is 3. The number of aromatic nitrogens is 2. The summed E-state index contributed by atoms with van der Waals surface area (Å²) in [5.41, 5.74) is 1.88. The molecule has 0 fully saturated rings. The Morgan fingerprint density at radius 2 is 2.40 bits per heavy atom. The summed E-state index contributed by atoms with van der Waals surface area (Å²) in [5.74, 6) is 1.58. The van der Waals surface area contributed by atoms with Gasteiger partial charge in [0.15, 0.2) is 0 Å². The van der Waals surface area contributed by atoms with E-state index in [-0.39, 0.29) is 0 Å². The largest absolute Gasteiger partial charge is 0.494 e. The van der Waals surface area contributed by atoms with E-state index in [2.05, 4.69) is 4.98 Å². The average Bonchev–Trinajstić information content (AvgIpc) is 2.78. The van der Waals surface area contributed by atoms with Gasteiger partial charge in [-0.05, 0) is 18.6 Å². The van der Waals surface area contributed by atoms with E-state index in [1.165, 1.54) is 0 Å². The molecule has 15 heavy (non-hydrogen) atoms. The minimum Gasteiger partial charge on any atom is -0.494 e. The third kappa shape index (κ3) is 1.08. The van der Waals surface area contributed by atoms with Gasteiger partial charge in [0.1, 0.15) is 23.2 Å². The molecule has 2 aromatic rings. The molecule has 0 radical (unpaired) electrons. The molecule has 0 aliphatic carbocycles. The van der Waals surface area contributed by atoms with E-state index in [1.807, 2.05) is 22.8 Å². The van der Waals surface area contributed by atoms with Crippen LogP contribution in [0.3, 0.4) is 0 Å². The van der Waals surface area contributed by atoms with Crippen molar-refractivity contribution in [3.8, 4) is 5.75 Å². The van der Waals surface area contributed by atoms with Gasteiger partial charge in [-0.1, -0.05) is 6.07 Å². The summed E-state index contributed by atoms with van der Waals surface area (Å²) < 4.78 is 7.34. The van der Waals surface area contributed by atoms with Crippen LogP contribution in [0.2, 0.25) is 0 Å². The maximum absolute atomic E-state index is 9.72. The molecule has 0 spiro atoms. The number of hydrogen-bond acceptors (Lipinski definition) is 3. The number of methoxy groups -OCH3 is 1. The van der Waals surface area contributed by atoms with Gasteiger partial charge in [0.05, 0.1) is 12.6 Å². The molecule has 1 aromatic carbocycles. The van der Waals surface area contributed by atoms with Crippen molar-refractivity contribution in [1.82, 2.24) is 9.55 Å². The number of hydrogen-bond donors (Lipinski definition) is 1. The predicted octanol–water partition coefficient (Wildman–Crippen LogP) is 1.48. The van der Waals surface area contributed by atoms with Gasteiger partial charge in [0, 0.05) is 6.54 Å². The molecule has 1 aliphatic rings. The molecule has 1 atom stereocenters.